The number of esters is 1. The molecule has 13 heteroatoms. The molecule has 64 heavy (non-hydrogen) atoms. The molecule has 12 nitrogen and oxygen atoms in total. The van der Waals surface area contributed by atoms with Crippen LogP contribution >= 0.6 is 0 Å². The molecule has 0 aromatic carbocycles. The summed E-state index contributed by atoms with van der Waals surface area (Å²) in [4.78, 5) is 12.8. The molecule has 0 aliphatic carbocycles. The zero-order valence-electron chi connectivity index (χ0n) is 39.0. The third-order valence-electron chi connectivity index (χ3n) is 10.2. The Morgan fingerprint density at radius 1 is 0.609 bits per heavy atom. The molecular weight excluding hydrogens is 837 g/mol. The van der Waals surface area contributed by atoms with Gasteiger partial charge in [-0.1, -0.05) is 156 Å². The molecule has 0 bridgehead atoms. The number of hydrogen-bond donors (Lipinski definition) is 4. The maximum Gasteiger partial charge on any atom is 0.397 e. The van der Waals surface area contributed by atoms with Crippen LogP contribution < -0.4 is 0 Å². The molecule has 1 aliphatic heterocycles. The van der Waals surface area contributed by atoms with Crippen molar-refractivity contribution < 1.29 is 56.2 Å². The first-order valence-corrected chi connectivity index (χ1v) is 25.4. The molecule has 0 amide bonds. The summed E-state index contributed by atoms with van der Waals surface area (Å²) in [7, 11) is -5.07. The second-order valence-electron chi connectivity index (χ2n) is 16.0. The average Bonchev–Trinajstić information content (AvgIpc) is 3.27. The summed E-state index contributed by atoms with van der Waals surface area (Å²) >= 11 is 0. The van der Waals surface area contributed by atoms with Gasteiger partial charge in [0.15, 0.2) is 6.29 Å². The van der Waals surface area contributed by atoms with Crippen molar-refractivity contribution >= 4 is 16.4 Å². The van der Waals surface area contributed by atoms with Crippen LogP contribution in [-0.2, 0) is 38.3 Å². The molecule has 0 saturated carbocycles. The van der Waals surface area contributed by atoms with Crippen molar-refractivity contribution in [3.63, 3.8) is 0 Å². The molecular formula is C51H84O12S. The largest absolute Gasteiger partial charge is 0.457 e. The van der Waals surface area contributed by atoms with Gasteiger partial charge in [-0.25, -0.2) is 4.18 Å². The van der Waals surface area contributed by atoms with Gasteiger partial charge in [0.25, 0.3) is 0 Å². The van der Waals surface area contributed by atoms with Gasteiger partial charge in [0.1, 0.15) is 30.5 Å². The summed E-state index contributed by atoms with van der Waals surface area (Å²) in [6.07, 6.45) is 47.3. The van der Waals surface area contributed by atoms with Gasteiger partial charge in [-0.2, -0.15) is 8.42 Å². The minimum Gasteiger partial charge on any atom is -0.457 e. The van der Waals surface area contributed by atoms with Crippen molar-refractivity contribution in [2.75, 3.05) is 26.4 Å². The molecule has 0 aromatic rings. The Bertz CT molecular complexity index is 1480. The van der Waals surface area contributed by atoms with E-state index < -0.39 is 59.8 Å². The highest BCUT2D eigenvalue weighted by Crippen LogP contribution is 2.26. The van der Waals surface area contributed by atoms with Crippen molar-refractivity contribution in [3.8, 4) is 0 Å². The van der Waals surface area contributed by atoms with Crippen molar-refractivity contribution in [2.45, 2.75) is 192 Å². The van der Waals surface area contributed by atoms with Crippen LogP contribution in [-0.4, -0.2) is 97.5 Å². The maximum absolute atomic E-state index is 12.8. The Morgan fingerprint density at radius 3 is 1.58 bits per heavy atom. The highest BCUT2D eigenvalue weighted by atomic mass is 32.3. The summed E-state index contributed by atoms with van der Waals surface area (Å²) in [6, 6.07) is 0. The van der Waals surface area contributed by atoms with E-state index in [4.69, 9.17) is 23.5 Å². The van der Waals surface area contributed by atoms with E-state index in [0.29, 0.717) is 13.0 Å². The Kier molecular flexibility index (Phi) is 38.2. The Morgan fingerprint density at radius 2 is 1.08 bits per heavy atom. The molecule has 4 N–H and O–H groups in total. The fourth-order valence-corrected chi connectivity index (χ4v) is 7.10. The second kappa shape index (κ2) is 41.5. The van der Waals surface area contributed by atoms with Crippen LogP contribution in [0.1, 0.15) is 155 Å². The van der Waals surface area contributed by atoms with E-state index in [-0.39, 0.29) is 19.6 Å². The fourth-order valence-electron chi connectivity index (χ4n) is 6.59. The number of aliphatic hydroxyl groups is 3. The summed E-state index contributed by atoms with van der Waals surface area (Å²) in [5.74, 6) is -0.426. The lowest BCUT2D eigenvalue weighted by molar-refractivity contribution is -0.301. The third-order valence-corrected chi connectivity index (χ3v) is 10.6. The van der Waals surface area contributed by atoms with E-state index in [1.165, 1.54) is 0 Å². The minimum absolute atomic E-state index is 0.0101. The van der Waals surface area contributed by atoms with Crippen LogP contribution in [0.4, 0.5) is 0 Å². The van der Waals surface area contributed by atoms with Gasteiger partial charge in [-0.3, -0.25) is 9.35 Å². The lowest BCUT2D eigenvalue weighted by Crippen LogP contribution is -2.60. The molecule has 0 radical (unpaired) electrons. The Balaban J connectivity index is 2.40. The lowest BCUT2D eigenvalue weighted by Gasteiger charge is -2.41. The van der Waals surface area contributed by atoms with Crippen LogP contribution in [0.2, 0.25) is 0 Å². The van der Waals surface area contributed by atoms with Crippen LogP contribution in [0.15, 0.2) is 97.2 Å². The lowest BCUT2D eigenvalue weighted by atomic mass is 9.99. The van der Waals surface area contributed by atoms with Gasteiger partial charge in [-0.05, 0) is 89.9 Å². The fraction of sp³-hybridized carbons (Fsp3) is 0.667. The Hall–Kier alpha value is -2.98. The van der Waals surface area contributed by atoms with Crippen molar-refractivity contribution in [1.82, 2.24) is 0 Å². The molecule has 1 aliphatic rings. The number of hydrogen-bond acceptors (Lipinski definition) is 11. The van der Waals surface area contributed by atoms with E-state index in [9.17, 15) is 28.5 Å². The minimum atomic E-state index is -5.07. The van der Waals surface area contributed by atoms with E-state index in [1.54, 1.807) is 0 Å². The van der Waals surface area contributed by atoms with Crippen molar-refractivity contribution in [1.29, 1.82) is 0 Å². The van der Waals surface area contributed by atoms with Gasteiger partial charge in [0.05, 0.1) is 19.8 Å². The van der Waals surface area contributed by atoms with Gasteiger partial charge >= 0.3 is 16.4 Å². The first-order chi connectivity index (χ1) is 31.1. The molecule has 1 saturated heterocycles. The van der Waals surface area contributed by atoms with Crippen LogP contribution in [0, 0.1) is 0 Å². The van der Waals surface area contributed by atoms with E-state index in [2.05, 4.69) is 115 Å². The first-order valence-electron chi connectivity index (χ1n) is 24.0. The summed E-state index contributed by atoms with van der Waals surface area (Å²) < 4.78 is 59.1. The predicted octanol–water partition coefficient (Wildman–Crippen LogP) is 10.6. The van der Waals surface area contributed by atoms with Gasteiger partial charge in [-0.15, -0.1) is 0 Å². The predicted molar refractivity (Wildman–Crippen MR) is 257 cm³/mol. The molecule has 1 rings (SSSR count). The second-order valence-corrected chi connectivity index (χ2v) is 17.0. The number of rotatable bonds is 40. The normalized spacial score (nSPS) is 20.6. The van der Waals surface area contributed by atoms with E-state index in [0.717, 1.165) is 128 Å². The molecule has 366 valence electrons. The number of allylic oxidation sites excluding steroid dienone is 16. The summed E-state index contributed by atoms with van der Waals surface area (Å²) in [5.41, 5.74) is 0. The first kappa shape index (κ1) is 59.0. The summed E-state index contributed by atoms with van der Waals surface area (Å²) in [6.45, 7) is 3.72. The van der Waals surface area contributed by atoms with Crippen molar-refractivity contribution in [2.24, 2.45) is 0 Å². The van der Waals surface area contributed by atoms with E-state index in [1.807, 2.05) is 0 Å². The molecule has 0 aromatic heterocycles. The van der Waals surface area contributed by atoms with E-state index >= 15 is 0 Å². The standard InChI is InChI=1S/C51H84O12S/c1-3-5-7-9-11-13-15-17-18-19-20-21-22-23-24-25-26-27-29-31-33-35-37-39-41-59-43-45(44-60-51-49(55)50(63-64(56,57)58)48(54)46(42-52)62-51)61-47(53)40-38-36-34-32-30-28-16-14-12-10-8-6-4-2/h5,7-8,10-11,13-14,16-18,20-21,23-24,26-27,45-46,48-52,54-55H,3-4,6,9,12,15,19,22,25,28-44H2,1-2H3,(H,56,57,58)/b7-5-,10-8-,13-11-,16-14-,18-17-,21-20-,24-23-,27-26-. The highest BCUT2D eigenvalue weighted by Gasteiger charge is 2.48. The third kappa shape index (κ3) is 34.4. The number of ether oxygens (including phenoxy) is 4. The van der Waals surface area contributed by atoms with Crippen LogP contribution in [0.3, 0.4) is 0 Å². The zero-order valence-corrected chi connectivity index (χ0v) is 39.9. The smallest absolute Gasteiger partial charge is 0.397 e. The number of carbonyl (C=O) groups excluding carboxylic acids is 1. The van der Waals surface area contributed by atoms with Gasteiger partial charge in [0, 0.05) is 13.0 Å². The van der Waals surface area contributed by atoms with Gasteiger partial charge in [0.2, 0.25) is 0 Å². The average molecular weight is 921 g/mol. The number of aliphatic hydroxyl groups excluding tert-OH is 3. The van der Waals surface area contributed by atoms with Crippen LogP contribution in [0.25, 0.3) is 0 Å². The van der Waals surface area contributed by atoms with Gasteiger partial charge < -0.3 is 34.3 Å². The Labute approximate surface area is 386 Å². The number of unbranched alkanes of at least 4 members (excludes halogenated alkanes) is 11. The molecule has 6 unspecified atom stereocenters. The topological polar surface area (TPSA) is 178 Å². The SMILES string of the molecule is CC/C=C\C/C=C\C/C=C\C/C=C\C/C=C\C/C=C\CCCCCCCOCC(COC1OC(CO)C(O)C(OS(=O)(=O)O)C1O)OC(=O)CCCCCCC/C=C\C/C=C\CCC. The monoisotopic (exact) mass is 921 g/mol. The zero-order chi connectivity index (χ0) is 46.8. The summed E-state index contributed by atoms with van der Waals surface area (Å²) in [5, 5.41) is 30.7. The number of carbonyl (C=O) groups is 1. The maximum atomic E-state index is 12.8. The molecule has 1 heterocycles. The molecule has 0 spiro atoms. The highest BCUT2D eigenvalue weighted by molar-refractivity contribution is 7.80. The molecule has 1 fully saturated rings. The molecule has 6 atom stereocenters. The van der Waals surface area contributed by atoms with Crippen LogP contribution in [0.5, 0.6) is 0 Å². The quantitative estimate of drug-likeness (QED) is 0.0198. The van der Waals surface area contributed by atoms with Crippen molar-refractivity contribution in [3.05, 3.63) is 97.2 Å².